The molecule has 1 aliphatic heterocycles. The van der Waals surface area contributed by atoms with Crippen molar-refractivity contribution in [2.24, 2.45) is 16.6 Å². The molecule has 2 aromatic carbocycles. The number of likely N-dealkylation sites (N-methyl/N-ethyl adjacent to an activating group) is 1. The van der Waals surface area contributed by atoms with Gasteiger partial charge in [-0.2, -0.15) is 0 Å². The first-order valence-electron chi connectivity index (χ1n) is 15.3. The van der Waals surface area contributed by atoms with Crippen LogP contribution in [0.1, 0.15) is 65.0 Å². The third-order valence-corrected chi connectivity index (χ3v) is 7.71. The molecule has 0 saturated carbocycles. The Morgan fingerprint density at radius 3 is 2.45 bits per heavy atom. The summed E-state index contributed by atoms with van der Waals surface area (Å²) in [6.07, 6.45) is 12.0. The molecule has 3 N–H and O–H groups in total. The fourth-order valence-electron chi connectivity index (χ4n) is 4.88. The Kier molecular flexibility index (Phi) is 14.4. The molecule has 6 nitrogen and oxygen atoms in total. The smallest absolute Gasteiger partial charge is 0.161 e. The number of rotatable bonds is 13. The van der Waals surface area contributed by atoms with E-state index in [0.29, 0.717) is 12.5 Å². The fraction of sp³-hybridized carbons (Fsp3) is 0.472. The first-order valence-corrected chi connectivity index (χ1v) is 15.3. The van der Waals surface area contributed by atoms with Crippen molar-refractivity contribution in [1.29, 1.82) is 0 Å². The molecule has 1 saturated heterocycles. The summed E-state index contributed by atoms with van der Waals surface area (Å²) in [6, 6.07) is 12.7. The lowest BCUT2D eigenvalue weighted by atomic mass is 9.81. The Morgan fingerprint density at radius 1 is 1.12 bits per heavy atom. The predicted molar refractivity (Wildman–Crippen MR) is 182 cm³/mol. The van der Waals surface area contributed by atoms with E-state index in [1.165, 1.54) is 16.8 Å². The normalized spacial score (nSPS) is 14.6. The van der Waals surface area contributed by atoms with E-state index in [9.17, 15) is 0 Å². The number of allylic oxidation sites excluding steroid dienone is 2. The summed E-state index contributed by atoms with van der Waals surface area (Å²) in [5.41, 5.74) is 12.8. The topological polar surface area (TPSA) is 72.1 Å². The minimum Gasteiger partial charge on any atom is -0.493 e. The SMILES string of the molecule is C=C(/C=C\C(=C/C)COc1ccc(CCC=Nc2cc(N3CCC(C(C)(C)N)CC3)ccc2C)cc1OC)NC.CC. The summed E-state index contributed by atoms with van der Waals surface area (Å²) in [6.45, 7) is 18.9. The first kappa shape index (κ1) is 34.7. The minimum atomic E-state index is -0.109. The fourth-order valence-corrected chi connectivity index (χ4v) is 4.88. The van der Waals surface area contributed by atoms with Crippen molar-refractivity contribution in [3.8, 4) is 11.5 Å². The van der Waals surface area contributed by atoms with E-state index >= 15 is 0 Å². The second kappa shape index (κ2) is 17.4. The summed E-state index contributed by atoms with van der Waals surface area (Å²) >= 11 is 0. The molecule has 0 spiro atoms. The molecular weight excluding hydrogens is 520 g/mol. The molecule has 42 heavy (non-hydrogen) atoms. The van der Waals surface area contributed by atoms with E-state index in [4.69, 9.17) is 20.2 Å². The molecule has 0 aliphatic carbocycles. The second-order valence-electron chi connectivity index (χ2n) is 11.1. The quantitative estimate of drug-likeness (QED) is 0.188. The molecule has 0 amide bonds. The summed E-state index contributed by atoms with van der Waals surface area (Å²) in [4.78, 5) is 7.30. The maximum Gasteiger partial charge on any atom is 0.161 e. The van der Waals surface area contributed by atoms with Gasteiger partial charge in [-0.3, -0.25) is 4.99 Å². The molecule has 230 valence electrons. The number of piperidine rings is 1. The Morgan fingerprint density at radius 2 is 1.83 bits per heavy atom. The lowest BCUT2D eigenvalue weighted by Crippen LogP contribution is -2.47. The van der Waals surface area contributed by atoms with E-state index in [1.54, 1.807) is 7.11 Å². The highest BCUT2D eigenvalue weighted by Crippen LogP contribution is 2.32. The van der Waals surface area contributed by atoms with Crippen molar-refractivity contribution in [3.63, 3.8) is 0 Å². The third kappa shape index (κ3) is 10.7. The molecule has 2 aromatic rings. The standard InChI is InChI=1S/C34H48N4O2.C2H6/c1-8-27(13-12-26(3)36-6)24-40-32-16-14-28(22-33(32)39-7)10-9-19-37-31-23-30(15-11-25(31)2)38-20-17-29(18-21-38)34(4,5)35;1-2/h8,11-16,19,22-23,29,36H,3,9-10,17-18,20-21,24,35H2,1-2,4-7H3;1-2H3/b13-12-,27-8+,37-19?;. The maximum absolute atomic E-state index is 6.36. The molecule has 1 heterocycles. The van der Waals surface area contributed by atoms with Crippen molar-refractivity contribution >= 4 is 17.6 Å². The van der Waals surface area contributed by atoms with Gasteiger partial charge in [-0.25, -0.2) is 0 Å². The number of nitrogens with one attached hydrogen (secondary N) is 1. The van der Waals surface area contributed by atoms with E-state index in [-0.39, 0.29) is 5.54 Å². The molecule has 3 rings (SSSR count). The van der Waals surface area contributed by atoms with Gasteiger partial charge in [-0.1, -0.05) is 44.7 Å². The van der Waals surface area contributed by atoms with Gasteiger partial charge in [0.1, 0.15) is 6.61 Å². The number of hydrogen-bond acceptors (Lipinski definition) is 6. The zero-order valence-electron chi connectivity index (χ0n) is 27.3. The molecule has 1 aliphatic rings. The van der Waals surface area contributed by atoms with Crippen LogP contribution in [0.5, 0.6) is 11.5 Å². The minimum absolute atomic E-state index is 0.109. The van der Waals surface area contributed by atoms with Gasteiger partial charge in [0.15, 0.2) is 11.5 Å². The molecule has 1 fully saturated rings. The van der Waals surface area contributed by atoms with Crippen molar-refractivity contribution in [3.05, 3.63) is 83.6 Å². The van der Waals surface area contributed by atoms with Crippen LogP contribution >= 0.6 is 0 Å². The van der Waals surface area contributed by atoms with E-state index in [0.717, 1.165) is 67.2 Å². The van der Waals surface area contributed by atoms with Crippen molar-refractivity contribution in [1.82, 2.24) is 5.32 Å². The van der Waals surface area contributed by atoms with Gasteiger partial charge in [-0.05, 0) is 106 Å². The van der Waals surface area contributed by atoms with Gasteiger partial charge < -0.3 is 25.4 Å². The zero-order chi connectivity index (χ0) is 31.1. The summed E-state index contributed by atoms with van der Waals surface area (Å²) < 4.78 is 11.7. The van der Waals surface area contributed by atoms with Crippen LogP contribution in [0, 0.1) is 12.8 Å². The van der Waals surface area contributed by atoms with Crippen molar-refractivity contribution < 1.29 is 9.47 Å². The lowest BCUT2D eigenvalue weighted by Gasteiger charge is -2.39. The highest BCUT2D eigenvalue weighted by Gasteiger charge is 2.29. The second-order valence-corrected chi connectivity index (χ2v) is 11.1. The molecule has 6 heteroatoms. The van der Waals surface area contributed by atoms with E-state index in [1.807, 2.05) is 58.3 Å². The molecule has 0 radical (unpaired) electrons. The monoisotopic (exact) mass is 574 g/mol. The van der Waals surface area contributed by atoms with Crippen LogP contribution in [0.2, 0.25) is 0 Å². The number of ether oxygens (including phenoxy) is 2. The largest absolute Gasteiger partial charge is 0.493 e. The highest BCUT2D eigenvalue weighted by molar-refractivity contribution is 5.68. The van der Waals surface area contributed by atoms with Crippen LogP contribution in [-0.4, -0.2) is 45.6 Å². The summed E-state index contributed by atoms with van der Waals surface area (Å²) in [5, 5.41) is 3.01. The van der Waals surface area contributed by atoms with E-state index in [2.05, 4.69) is 67.9 Å². The molecular formula is C36H54N4O2. The van der Waals surface area contributed by atoms with Crippen LogP contribution in [0.4, 0.5) is 11.4 Å². The predicted octanol–water partition coefficient (Wildman–Crippen LogP) is 7.93. The lowest BCUT2D eigenvalue weighted by molar-refractivity contribution is 0.265. The van der Waals surface area contributed by atoms with Gasteiger partial charge in [0.05, 0.1) is 12.8 Å². The maximum atomic E-state index is 6.36. The number of hydrogen-bond donors (Lipinski definition) is 2. The molecule has 0 atom stereocenters. The molecule has 0 bridgehead atoms. The number of benzene rings is 2. The average molecular weight is 575 g/mol. The number of aliphatic imine (C=N–C) groups is 1. The highest BCUT2D eigenvalue weighted by atomic mass is 16.5. The summed E-state index contributed by atoms with van der Waals surface area (Å²) in [7, 11) is 3.53. The number of anilines is 1. The van der Waals surface area contributed by atoms with Gasteiger partial charge in [-0.15, -0.1) is 0 Å². The number of nitrogens with two attached hydrogens (primary N) is 1. The Bertz CT molecular complexity index is 1220. The van der Waals surface area contributed by atoms with Gasteiger partial charge in [0.25, 0.3) is 0 Å². The molecule has 0 aromatic heterocycles. The van der Waals surface area contributed by atoms with Crippen molar-refractivity contribution in [2.45, 2.75) is 72.8 Å². The van der Waals surface area contributed by atoms with Crippen LogP contribution in [0.15, 0.2) is 77.5 Å². The van der Waals surface area contributed by atoms with Crippen LogP contribution in [-0.2, 0) is 6.42 Å². The Labute approximate surface area is 255 Å². The molecule has 0 unspecified atom stereocenters. The third-order valence-electron chi connectivity index (χ3n) is 7.71. The Hall–Kier alpha value is -3.51. The number of aryl methyl sites for hydroxylation is 2. The summed E-state index contributed by atoms with van der Waals surface area (Å²) in [5.74, 6) is 2.04. The van der Waals surface area contributed by atoms with Gasteiger partial charge in [0.2, 0.25) is 0 Å². The Balaban J connectivity index is 0.00000301. The number of nitrogens with zero attached hydrogens (tertiary/aromatic N) is 2. The van der Waals surface area contributed by atoms with Crippen molar-refractivity contribution in [2.75, 3.05) is 38.8 Å². The van der Waals surface area contributed by atoms with Gasteiger partial charge >= 0.3 is 0 Å². The van der Waals surface area contributed by atoms with E-state index < -0.39 is 0 Å². The first-order chi connectivity index (χ1) is 20.1. The zero-order valence-corrected chi connectivity index (χ0v) is 27.3. The van der Waals surface area contributed by atoms with Gasteiger partial charge in [0, 0.05) is 43.3 Å². The number of methoxy groups -OCH3 is 1. The van der Waals surface area contributed by atoms with Crippen LogP contribution < -0.4 is 25.4 Å². The average Bonchev–Trinajstić information content (AvgIpc) is 3.00. The van der Waals surface area contributed by atoms with Crippen LogP contribution in [0.3, 0.4) is 0 Å². The van der Waals surface area contributed by atoms with Crippen LogP contribution in [0.25, 0.3) is 0 Å².